The number of fused-ring (bicyclic) bond motifs is 3. The second-order valence-corrected chi connectivity index (χ2v) is 15.2. The first-order chi connectivity index (χ1) is 26.1. The predicted molar refractivity (Wildman–Crippen MR) is 202 cm³/mol. The molecule has 7 N–H and O–H groups in total. The van der Waals surface area contributed by atoms with Gasteiger partial charge in [-0.3, -0.25) is 24.0 Å². The summed E-state index contributed by atoms with van der Waals surface area (Å²) in [6, 6.07) is 11.8. The Morgan fingerprint density at radius 2 is 1.74 bits per heavy atom. The van der Waals surface area contributed by atoms with Gasteiger partial charge in [-0.05, 0) is 63.1 Å². The molecular weight excluding hydrogens is 690 g/mol. The number of amides is 3. The standard InChI is InChI=1S/C39H48FN11O3/c1-48-22-33-29(19-43-51(33)27-13-15-49(16-14-27)21-26-4-2-7-31(44-26)39(54)50-17-12-24(40)20-50)28-5-3-6-30(36(28)48)46-32(35(42)38(53)45-25-10-11-25)18-34(41)47-37(52)23-8-9-23/h2-7,18-19,23-25,27,46H,8-17,20-22,41-42H2,1H3,(H,45,53)(H,47,52)/b34-18+,35-32+. The van der Waals surface area contributed by atoms with Gasteiger partial charge < -0.3 is 37.2 Å². The van der Waals surface area contributed by atoms with Crippen molar-refractivity contribution < 1.29 is 18.8 Å². The van der Waals surface area contributed by atoms with E-state index in [0.717, 1.165) is 85.5 Å². The van der Waals surface area contributed by atoms with E-state index >= 15 is 0 Å². The highest BCUT2D eigenvalue weighted by atomic mass is 19.1. The average Bonchev–Trinajstić information content (AvgIpc) is 4.10. The summed E-state index contributed by atoms with van der Waals surface area (Å²) in [6.07, 6.45) is 8.23. The van der Waals surface area contributed by atoms with Gasteiger partial charge in [-0.2, -0.15) is 5.10 Å². The third-order valence-corrected chi connectivity index (χ3v) is 11.0. The molecule has 1 aromatic carbocycles. The zero-order chi connectivity index (χ0) is 37.5. The maximum Gasteiger partial charge on any atom is 0.272 e. The van der Waals surface area contributed by atoms with Crippen LogP contribution in [0.25, 0.3) is 11.1 Å². The van der Waals surface area contributed by atoms with Crippen molar-refractivity contribution >= 4 is 29.1 Å². The molecule has 0 bridgehead atoms. The van der Waals surface area contributed by atoms with Crippen LogP contribution in [0.2, 0.25) is 0 Å². The molecule has 2 aromatic heterocycles. The normalized spacial score (nSPS) is 20.9. The zero-order valence-corrected chi connectivity index (χ0v) is 30.6. The number of aromatic nitrogens is 3. The summed E-state index contributed by atoms with van der Waals surface area (Å²) in [4.78, 5) is 49.1. The minimum Gasteiger partial charge on any atom is -0.393 e. The Morgan fingerprint density at radius 1 is 0.963 bits per heavy atom. The van der Waals surface area contributed by atoms with Gasteiger partial charge >= 0.3 is 0 Å². The third-order valence-electron chi connectivity index (χ3n) is 11.0. The van der Waals surface area contributed by atoms with E-state index in [1.165, 1.54) is 6.08 Å². The lowest BCUT2D eigenvalue weighted by atomic mass is 9.97. The Balaban J connectivity index is 0.968. The summed E-state index contributed by atoms with van der Waals surface area (Å²) >= 11 is 0. The van der Waals surface area contributed by atoms with E-state index < -0.39 is 6.17 Å². The molecule has 8 rings (SSSR count). The van der Waals surface area contributed by atoms with Crippen LogP contribution in [-0.2, 0) is 22.7 Å². The number of rotatable bonds is 11. The van der Waals surface area contributed by atoms with Gasteiger partial charge in [0.2, 0.25) is 5.91 Å². The smallest absolute Gasteiger partial charge is 0.272 e. The Hall–Kier alpha value is -5.44. The molecule has 3 aromatic rings. The molecular formula is C39H48FN11O3. The number of nitrogens with zero attached hydrogens (tertiary/aromatic N) is 6. The molecule has 0 spiro atoms. The second-order valence-electron chi connectivity index (χ2n) is 15.2. The van der Waals surface area contributed by atoms with Crippen molar-refractivity contribution in [3.63, 3.8) is 0 Å². The first-order valence-electron chi connectivity index (χ1n) is 19.0. The SMILES string of the molecule is CN1Cc2c(cnn2C2CCN(Cc3cccc(C(=O)N4CCC(F)C4)n3)CC2)-c2cccc(NC(/C=C(\N)NC(=O)C3CC3)=C(/N)C(=O)NC3CC3)c21. The highest BCUT2D eigenvalue weighted by Gasteiger charge is 2.33. The summed E-state index contributed by atoms with van der Waals surface area (Å²) in [5, 5.41) is 14.0. The van der Waals surface area contributed by atoms with E-state index in [1.54, 1.807) is 11.0 Å². The number of anilines is 2. The molecule has 1 atom stereocenters. The van der Waals surface area contributed by atoms with E-state index in [9.17, 15) is 18.8 Å². The van der Waals surface area contributed by atoms with Gasteiger partial charge in [0.05, 0.1) is 53.8 Å². The summed E-state index contributed by atoms with van der Waals surface area (Å²) < 4.78 is 15.9. The lowest BCUT2D eigenvalue weighted by Crippen LogP contribution is -2.36. The molecule has 2 aliphatic carbocycles. The maximum absolute atomic E-state index is 13.7. The number of carbonyl (C=O) groups is 3. The highest BCUT2D eigenvalue weighted by molar-refractivity contribution is 5.96. The molecule has 3 amide bonds. The number of pyridine rings is 1. The molecule has 54 heavy (non-hydrogen) atoms. The van der Waals surface area contributed by atoms with Crippen molar-refractivity contribution in [3.05, 3.63) is 83.0 Å². The molecule has 2 saturated heterocycles. The molecule has 4 fully saturated rings. The van der Waals surface area contributed by atoms with Crippen molar-refractivity contribution in [2.75, 3.05) is 43.4 Å². The summed E-state index contributed by atoms with van der Waals surface area (Å²) in [6.45, 7) is 3.55. The average molecular weight is 738 g/mol. The molecule has 1 unspecified atom stereocenters. The van der Waals surface area contributed by atoms with Crippen LogP contribution >= 0.6 is 0 Å². The number of nitrogens with one attached hydrogen (secondary N) is 3. The number of para-hydroxylation sites is 1. The highest BCUT2D eigenvalue weighted by Crippen LogP contribution is 2.44. The van der Waals surface area contributed by atoms with Crippen molar-refractivity contribution in [1.82, 2.24) is 35.2 Å². The monoisotopic (exact) mass is 737 g/mol. The fourth-order valence-electron chi connectivity index (χ4n) is 7.68. The minimum absolute atomic E-state index is 0.0169. The molecule has 14 nitrogen and oxygen atoms in total. The number of allylic oxidation sites excluding steroid dienone is 1. The molecule has 284 valence electrons. The van der Waals surface area contributed by atoms with Crippen LogP contribution < -0.4 is 32.3 Å². The van der Waals surface area contributed by atoms with E-state index in [1.807, 2.05) is 37.5 Å². The summed E-state index contributed by atoms with van der Waals surface area (Å²) in [5.74, 6) is -0.651. The molecule has 3 aliphatic heterocycles. The van der Waals surface area contributed by atoms with Crippen molar-refractivity contribution in [2.24, 2.45) is 17.4 Å². The summed E-state index contributed by atoms with van der Waals surface area (Å²) in [7, 11) is 2.03. The first kappa shape index (κ1) is 35.6. The molecule has 5 heterocycles. The Bertz CT molecular complexity index is 2010. The Labute approximate surface area is 313 Å². The van der Waals surface area contributed by atoms with E-state index in [2.05, 4.69) is 41.5 Å². The number of alkyl halides is 1. The Kier molecular flexibility index (Phi) is 9.73. The number of carbonyl (C=O) groups excluding carboxylic acids is 3. The van der Waals surface area contributed by atoms with Crippen molar-refractivity contribution in [1.29, 1.82) is 0 Å². The molecule has 0 radical (unpaired) electrons. The molecule has 2 saturated carbocycles. The first-order valence-corrected chi connectivity index (χ1v) is 19.0. The van der Waals surface area contributed by atoms with Crippen molar-refractivity contribution in [2.45, 2.75) is 76.3 Å². The van der Waals surface area contributed by atoms with Crippen LogP contribution in [-0.4, -0.2) is 87.7 Å². The minimum atomic E-state index is -0.961. The quantitative estimate of drug-likeness (QED) is 0.145. The van der Waals surface area contributed by atoms with E-state index in [0.29, 0.717) is 37.4 Å². The van der Waals surface area contributed by atoms with Gasteiger partial charge in [0.1, 0.15) is 23.4 Å². The second kappa shape index (κ2) is 14.8. The summed E-state index contributed by atoms with van der Waals surface area (Å²) in [5.41, 5.74) is 19.0. The van der Waals surface area contributed by atoms with Crippen molar-refractivity contribution in [3.8, 4) is 11.1 Å². The van der Waals surface area contributed by atoms with Crippen LogP contribution in [0.15, 0.2) is 65.9 Å². The van der Waals surface area contributed by atoms with Crippen LogP contribution in [0.5, 0.6) is 0 Å². The number of piperidine rings is 1. The zero-order valence-electron chi connectivity index (χ0n) is 30.6. The number of halogens is 1. The topological polar surface area (TPSA) is 180 Å². The van der Waals surface area contributed by atoms with Gasteiger partial charge in [0.25, 0.3) is 11.8 Å². The number of benzene rings is 1. The Morgan fingerprint density at radius 3 is 2.46 bits per heavy atom. The van der Waals surface area contributed by atoms with Crippen LogP contribution in [0, 0.1) is 5.92 Å². The fourth-order valence-corrected chi connectivity index (χ4v) is 7.68. The third kappa shape index (κ3) is 7.63. The lowest BCUT2D eigenvalue weighted by Gasteiger charge is -2.35. The van der Waals surface area contributed by atoms with Gasteiger partial charge in [0.15, 0.2) is 0 Å². The van der Waals surface area contributed by atoms with Gasteiger partial charge in [-0.15, -0.1) is 0 Å². The van der Waals surface area contributed by atoms with Gasteiger partial charge in [0, 0.05) is 62.4 Å². The largest absolute Gasteiger partial charge is 0.393 e. The number of likely N-dealkylation sites (tertiary alicyclic amines) is 2. The lowest BCUT2D eigenvalue weighted by molar-refractivity contribution is -0.121. The molecule has 15 heteroatoms. The maximum atomic E-state index is 13.7. The molecule has 5 aliphatic rings. The van der Waals surface area contributed by atoms with Gasteiger partial charge in [-0.25, -0.2) is 9.37 Å². The number of hydrogen-bond acceptors (Lipinski definition) is 10. The van der Waals surface area contributed by atoms with Crippen LogP contribution in [0.1, 0.15) is 72.9 Å². The van der Waals surface area contributed by atoms with E-state index in [4.69, 9.17) is 16.6 Å². The van der Waals surface area contributed by atoms with Crippen LogP contribution in [0.4, 0.5) is 15.8 Å². The van der Waals surface area contributed by atoms with Gasteiger partial charge in [-0.1, -0.05) is 18.2 Å². The van der Waals surface area contributed by atoms with E-state index in [-0.39, 0.29) is 53.8 Å². The fraction of sp³-hybridized carbons (Fsp3) is 0.462. The predicted octanol–water partition coefficient (Wildman–Crippen LogP) is 3.10. The number of hydrogen-bond donors (Lipinski definition) is 5. The van der Waals surface area contributed by atoms with Crippen LogP contribution in [0.3, 0.4) is 0 Å². The number of nitrogens with two attached hydrogens (primary N) is 2.